The Hall–Kier alpha value is -0.770. The third kappa shape index (κ3) is 3.87. The van der Waals surface area contributed by atoms with Gasteiger partial charge in [-0.2, -0.15) is 0 Å². The van der Waals surface area contributed by atoms with E-state index in [9.17, 15) is 4.79 Å². The predicted octanol–water partition coefficient (Wildman–Crippen LogP) is 5.08. The number of benzene rings is 2. The maximum absolute atomic E-state index is 12.0. The summed E-state index contributed by atoms with van der Waals surface area (Å²) in [5, 5.41) is 0.706. The van der Waals surface area contributed by atoms with Crippen LogP contribution in [-0.4, -0.2) is 11.5 Å². The topological polar surface area (TPSA) is 17.1 Å². The number of thioether (sulfide) groups is 1. The van der Waals surface area contributed by atoms with E-state index < -0.39 is 0 Å². The lowest BCUT2D eigenvalue weighted by atomic mass is 10.2. The summed E-state index contributed by atoms with van der Waals surface area (Å²) in [4.78, 5) is 13.0. The van der Waals surface area contributed by atoms with Crippen molar-refractivity contribution >= 4 is 45.1 Å². The molecule has 0 bridgehead atoms. The van der Waals surface area contributed by atoms with Crippen molar-refractivity contribution in [2.45, 2.75) is 4.90 Å². The second kappa shape index (κ2) is 6.41. The van der Waals surface area contributed by atoms with Gasteiger partial charge in [-0.25, -0.2) is 0 Å². The maximum Gasteiger partial charge on any atom is 0.173 e. The van der Waals surface area contributed by atoms with Gasteiger partial charge >= 0.3 is 0 Å². The third-order valence-corrected chi connectivity index (χ3v) is 4.09. The Morgan fingerprint density at radius 2 is 1.89 bits per heavy atom. The van der Waals surface area contributed by atoms with Crippen LogP contribution in [0.25, 0.3) is 0 Å². The van der Waals surface area contributed by atoms with Crippen molar-refractivity contribution in [1.29, 1.82) is 0 Å². The van der Waals surface area contributed by atoms with Crippen LogP contribution in [0.3, 0.4) is 0 Å². The van der Waals surface area contributed by atoms with Gasteiger partial charge in [-0.05, 0) is 36.4 Å². The van der Waals surface area contributed by atoms with E-state index in [4.69, 9.17) is 11.6 Å². The molecular formula is C14H10BrClOS. The Balaban J connectivity index is 1.98. The van der Waals surface area contributed by atoms with Crippen LogP contribution in [0.15, 0.2) is 57.9 Å². The van der Waals surface area contributed by atoms with Gasteiger partial charge in [0.15, 0.2) is 5.78 Å². The number of ketones is 1. The number of hydrogen-bond donors (Lipinski definition) is 0. The number of Topliss-reactive ketones (excluding diaryl/α,β-unsaturated/α-hetero) is 1. The molecule has 4 heteroatoms. The van der Waals surface area contributed by atoms with Crippen molar-refractivity contribution in [1.82, 2.24) is 0 Å². The summed E-state index contributed by atoms with van der Waals surface area (Å²) < 4.78 is 0.921. The van der Waals surface area contributed by atoms with E-state index in [1.165, 1.54) is 11.8 Å². The molecule has 0 saturated heterocycles. The zero-order chi connectivity index (χ0) is 13.0. The van der Waals surface area contributed by atoms with Crippen molar-refractivity contribution in [2.24, 2.45) is 0 Å². The first-order valence-corrected chi connectivity index (χ1v) is 7.48. The van der Waals surface area contributed by atoms with Gasteiger partial charge in [-0.3, -0.25) is 4.79 Å². The molecule has 0 amide bonds. The van der Waals surface area contributed by atoms with E-state index >= 15 is 0 Å². The van der Waals surface area contributed by atoms with Gasteiger partial charge in [-0.15, -0.1) is 11.8 Å². The number of hydrogen-bond acceptors (Lipinski definition) is 2. The highest BCUT2D eigenvalue weighted by Gasteiger charge is 2.06. The van der Waals surface area contributed by atoms with Crippen molar-refractivity contribution < 1.29 is 4.79 Å². The molecule has 0 unspecified atom stereocenters. The first-order valence-electron chi connectivity index (χ1n) is 5.32. The number of rotatable bonds is 4. The lowest BCUT2D eigenvalue weighted by Gasteiger charge is -2.02. The molecule has 0 atom stereocenters. The minimum atomic E-state index is 0.122. The van der Waals surface area contributed by atoms with Gasteiger partial charge in [0, 0.05) is 20.0 Å². The molecule has 1 nitrogen and oxygen atoms in total. The van der Waals surface area contributed by atoms with Gasteiger partial charge in [0.25, 0.3) is 0 Å². The minimum absolute atomic E-state index is 0.122. The summed E-state index contributed by atoms with van der Waals surface area (Å²) in [5.41, 5.74) is 0.728. The van der Waals surface area contributed by atoms with Gasteiger partial charge < -0.3 is 0 Å². The molecule has 0 fully saturated rings. The normalized spacial score (nSPS) is 10.3. The Morgan fingerprint density at radius 1 is 1.17 bits per heavy atom. The second-order valence-electron chi connectivity index (χ2n) is 3.68. The predicted molar refractivity (Wildman–Crippen MR) is 80.6 cm³/mol. The van der Waals surface area contributed by atoms with Gasteiger partial charge in [0.1, 0.15) is 0 Å². The maximum atomic E-state index is 12.0. The molecule has 0 saturated carbocycles. The first kappa shape index (κ1) is 13.7. The molecule has 18 heavy (non-hydrogen) atoms. The largest absolute Gasteiger partial charge is 0.293 e. The summed E-state index contributed by atoms with van der Waals surface area (Å²) in [5.74, 6) is 0.550. The minimum Gasteiger partial charge on any atom is -0.293 e. The monoisotopic (exact) mass is 340 g/mol. The Labute approximate surface area is 124 Å². The molecule has 92 valence electrons. The number of carbonyl (C=O) groups excluding carboxylic acids is 1. The molecule has 0 aliphatic rings. The van der Waals surface area contributed by atoms with E-state index in [1.807, 2.05) is 48.5 Å². The molecule has 0 N–H and O–H groups in total. The Kier molecular flexibility index (Phi) is 4.87. The zero-order valence-corrected chi connectivity index (χ0v) is 12.6. The Bertz CT molecular complexity index is 554. The van der Waals surface area contributed by atoms with Crippen LogP contribution in [0.5, 0.6) is 0 Å². The summed E-state index contributed by atoms with van der Waals surface area (Å²) in [6, 6.07) is 14.9. The smallest absolute Gasteiger partial charge is 0.173 e. The molecule has 2 aromatic carbocycles. The highest BCUT2D eigenvalue weighted by Crippen LogP contribution is 2.22. The SMILES string of the molecule is O=C(CSc1ccc(Cl)cc1)c1cccc(Br)c1. The third-order valence-electron chi connectivity index (χ3n) is 2.33. The fourth-order valence-electron chi connectivity index (χ4n) is 1.42. The van der Waals surface area contributed by atoms with E-state index in [-0.39, 0.29) is 5.78 Å². The van der Waals surface area contributed by atoms with E-state index in [2.05, 4.69) is 15.9 Å². The van der Waals surface area contributed by atoms with Crippen LogP contribution in [0, 0.1) is 0 Å². The molecule has 2 aromatic rings. The fourth-order valence-corrected chi connectivity index (χ4v) is 2.74. The van der Waals surface area contributed by atoms with Crippen molar-refractivity contribution in [3.05, 3.63) is 63.6 Å². The lowest BCUT2D eigenvalue weighted by Crippen LogP contribution is -2.01. The lowest BCUT2D eigenvalue weighted by molar-refractivity contribution is 0.102. The van der Waals surface area contributed by atoms with Crippen LogP contribution in [-0.2, 0) is 0 Å². The standard InChI is InChI=1S/C14H10BrClOS/c15-11-3-1-2-10(8-11)14(17)9-18-13-6-4-12(16)5-7-13/h1-8H,9H2. The second-order valence-corrected chi connectivity index (χ2v) is 6.08. The number of halogens is 2. The summed E-state index contributed by atoms with van der Waals surface area (Å²) in [7, 11) is 0. The van der Waals surface area contributed by atoms with E-state index in [0.29, 0.717) is 10.8 Å². The molecular weight excluding hydrogens is 332 g/mol. The van der Waals surface area contributed by atoms with Gasteiger partial charge in [-0.1, -0.05) is 39.7 Å². The van der Waals surface area contributed by atoms with Crippen LogP contribution in [0.4, 0.5) is 0 Å². The molecule has 0 aliphatic heterocycles. The highest BCUT2D eigenvalue weighted by molar-refractivity contribution is 9.10. The number of carbonyl (C=O) groups is 1. The Morgan fingerprint density at radius 3 is 2.56 bits per heavy atom. The summed E-state index contributed by atoms with van der Waals surface area (Å²) in [6.45, 7) is 0. The fraction of sp³-hybridized carbons (Fsp3) is 0.0714. The molecule has 0 heterocycles. The summed E-state index contributed by atoms with van der Waals surface area (Å²) in [6.07, 6.45) is 0. The van der Waals surface area contributed by atoms with Crippen LogP contribution in [0.2, 0.25) is 5.02 Å². The van der Waals surface area contributed by atoms with Crippen LogP contribution >= 0.6 is 39.3 Å². The van der Waals surface area contributed by atoms with E-state index in [0.717, 1.165) is 14.9 Å². The van der Waals surface area contributed by atoms with Crippen molar-refractivity contribution in [3.63, 3.8) is 0 Å². The van der Waals surface area contributed by atoms with E-state index in [1.54, 1.807) is 0 Å². The molecule has 0 aliphatic carbocycles. The quantitative estimate of drug-likeness (QED) is 0.570. The molecule has 0 spiro atoms. The van der Waals surface area contributed by atoms with Crippen molar-refractivity contribution in [2.75, 3.05) is 5.75 Å². The van der Waals surface area contributed by atoms with Crippen molar-refractivity contribution in [3.8, 4) is 0 Å². The van der Waals surface area contributed by atoms with Crippen LogP contribution < -0.4 is 0 Å². The molecule has 0 aromatic heterocycles. The summed E-state index contributed by atoms with van der Waals surface area (Å²) >= 11 is 10.7. The molecule has 0 radical (unpaired) electrons. The first-order chi connectivity index (χ1) is 8.65. The average Bonchev–Trinajstić information content (AvgIpc) is 2.38. The van der Waals surface area contributed by atoms with Gasteiger partial charge in [0.05, 0.1) is 5.75 Å². The van der Waals surface area contributed by atoms with Gasteiger partial charge in [0.2, 0.25) is 0 Å². The highest BCUT2D eigenvalue weighted by atomic mass is 79.9. The molecule has 2 rings (SSSR count). The van der Waals surface area contributed by atoms with Crippen LogP contribution in [0.1, 0.15) is 10.4 Å². The average molecular weight is 342 g/mol. The zero-order valence-electron chi connectivity index (χ0n) is 9.40.